The van der Waals surface area contributed by atoms with E-state index in [0.717, 1.165) is 16.5 Å². The number of rotatable bonds is 6. The Morgan fingerprint density at radius 2 is 1.86 bits per heavy atom. The highest BCUT2D eigenvalue weighted by Gasteiger charge is 2.20. The highest BCUT2D eigenvalue weighted by Crippen LogP contribution is 2.24. The molecule has 0 radical (unpaired) electrons. The highest BCUT2D eigenvalue weighted by molar-refractivity contribution is 6.01. The fourth-order valence-corrected chi connectivity index (χ4v) is 3.45. The van der Waals surface area contributed by atoms with E-state index in [0.29, 0.717) is 30.6 Å². The second-order valence-electron chi connectivity index (χ2n) is 6.91. The summed E-state index contributed by atoms with van der Waals surface area (Å²) in [5, 5.41) is 7.79. The summed E-state index contributed by atoms with van der Waals surface area (Å²) < 4.78 is 5.09. The monoisotopic (exact) mass is 388 g/mol. The van der Waals surface area contributed by atoms with Gasteiger partial charge in [-0.15, -0.1) is 0 Å². The molecule has 0 unspecified atom stereocenters. The number of carbonyl (C=O) groups is 3. The van der Waals surface area contributed by atoms with Crippen LogP contribution in [0.15, 0.2) is 60.7 Å². The molecule has 0 atom stereocenters. The van der Waals surface area contributed by atoms with Gasteiger partial charge in [0.05, 0.1) is 12.0 Å². The number of hydrogen-bond donors (Lipinski definition) is 2. The van der Waals surface area contributed by atoms with Gasteiger partial charge in [-0.3, -0.25) is 9.59 Å². The van der Waals surface area contributed by atoms with E-state index < -0.39 is 5.97 Å². The number of ether oxygens (including phenoxy) is 1. The van der Waals surface area contributed by atoms with E-state index in [1.165, 1.54) is 5.39 Å². The molecule has 2 amide bonds. The van der Waals surface area contributed by atoms with Crippen LogP contribution >= 0.6 is 0 Å². The molecule has 0 saturated carbocycles. The Balaban J connectivity index is 1.26. The molecule has 0 aliphatic carbocycles. The molecule has 29 heavy (non-hydrogen) atoms. The van der Waals surface area contributed by atoms with Gasteiger partial charge in [-0.25, -0.2) is 4.79 Å². The fraction of sp³-hybridized carbons (Fsp3) is 0.174. The average Bonchev–Trinajstić information content (AvgIpc) is 3.11. The van der Waals surface area contributed by atoms with Crippen LogP contribution in [0.3, 0.4) is 0 Å². The zero-order chi connectivity index (χ0) is 20.2. The zero-order valence-electron chi connectivity index (χ0n) is 15.7. The highest BCUT2D eigenvalue weighted by atomic mass is 16.5. The summed E-state index contributed by atoms with van der Waals surface area (Å²) in [5.74, 6) is -1.05. The SMILES string of the molecule is O=C(COC(=O)c1ccc2c(c1)NC(=O)C2)NCCc1cccc2ccccc12. The van der Waals surface area contributed by atoms with Gasteiger partial charge in [0.1, 0.15) is 0 Å². The summed E-state index contributed by atoms with van der Waals surface area (Å²) in [4.78, 5) is 35.6. The summed E-state index contributed by atoms with van der Waals surface area (Å²) in [7, 11) is 0. The van der Waals surface area contributed by atoms with Gasteiger partial charge >= 0.3 is 5.97 Å². The molecule has 4 rings (SSSR count). The van der Waals surface area contributed by atoms with Gasteiger partial charge in [0.2, 0.25) is 5.91 Å². The van der Waals surface area contributed by atoms with Crippen molar-refractivity contribution < 1.29 is 19.1 Å². The summed E-state index contributed by atoms with van der Waals surface area (Å²) in [6, 6.07) is 19.1. The fourth-order valence-electron chi connectivity index (χ4n) is 3.45. The molecule has 1 aliphatic rings. The van der Waals surface area contributed by atoms with Crippen LogP contribution in [-0.4, -0.2) is 30.9 Å². The molecule has 6 heteroatoms. The lowest BCUT2D eigenvalue weighted by Crippen LogP contribution is -2.30. The minimum atomic E-state index is -0.599. The van der Waals surface area contributed by atoms with E-state index in [1.807, 2.05) is 24.3 Å². The molecule has 6 nitrogen and oxygen atoms in total. The van der Waals surface area contributed by atoms with Crippen molar-refractivity contribution in [2.45, 2.75) is 12.8 Å². The molecule has 146 valence electrons. The maximum atomic E-state index is 12.2. The Labute approximate surface area is 167 Å². The van der Waals surface area contributed by atoms with Crippen LogP contribution < -0.4 is 10.6 Å². The van der Waals surface area contributed by atoms with Crippen molar-refractivity contribution in [3.63, 3.8) is 0 Å². The number of hydrogen-bond acceptors (Lipinski definition) is 4. The van der Waals surface area contributed by atoms with Crippen LogP contribution in [0.5, 0.6) is 0 Å². The van der Waals surface area contributed by atoms with Crippen LogP contribution in [0, 0.1) is 0 Å². The number of amides is 2. The van der Waals surface area contributed by atoms with Crippen molar-refractivity contribution in [3.05, 3.63) is 77.4 Å². The maximum absolute atomic E-state index is 12.2. The van der Waals surface area contributed by atoms with E-state index in [9.17, 15) is 14.4 Å². The van der Waals surface area contributed by atoms with Gasteiger partial charge in [0.25, 0.3) is 5.91 Å². The minimum absolute atomic E-state index is 0.101. The average molecular weight is 388 g/mol. The van der Waals surface area contributed by atoms with Gasteiger partial charge in [-0.2, -0.15) is 0 Å². The third kappa shape index (κ3) is 4.27. The maximum Gasteiger partial charge on any atom is 0.338 e. The first-order valence-electron chi connectivity index (χ1n) is 9.43. The van der Waals surface area contributed by atoms with E-state index in [-0.39, 0.29) is 18.4 Å². The van der Waals surface area contributed by atoms with Crippen LogP contribution in [-0.2, 0) is 27.2 Å². The lowest BCUT2D eigenvalue weighted by molar-refractivity contribution is -0.124. The number of anilines is 1. The van der Waals surface area contributed by atoms with E-state index >= 15 is 0 Å². The van der Waals surface area contributed by atoms with E-state index in [2.05, 4.69) is 28.8 Å². The lowest BCUT2D eigenvalue weighted by atomic mass is 10.0. The molecule has 2 N–H and O–H groups in total. The van der Waals surface area contributed by atoms with Gasteiger partial charge in [-0.05, 0) is 40.5 Å². The molecular weight excluding hydrogens is 368 g/mol. The first-order chi connectivity index (χ1) is 14.1. The van der Waals surface area contributed by atoms with Gasteiger partial charge in [0, 0.05) is 12.2 Å². The van der Waals surface area contributed by atoms with Crippen LogP contribution in [0.4, 0.5) is 5.69 Å². The lowest BCUT2D eigenvalue weighted by Gasteiger charge is -2.09. The molecule has 0 saturated heterocycles. The van der Waals surface area contributed by atoms with Gasteiger partial charge < -0.3 is 15.4 Å². The Kier molecular flexibility index (Phi) is 5.24. The van der Waals surface area contributed by atoms with Crippen molar-refractivity contribution in [3.8, 4) is 0 Å². The largest absolute Gasteiger partial charge is 0.452 e. The van der Waals surface area contributed by atoms with Crippen LogP contribution in [0.1, 0.15) is 21.5 Å². The second-order valence-corrected chi connectivity index (χ2v) is 6.91. The molecule has 0 fully saturated rings. The Morgan fingerprint density at radius 1 is 1.03 bits per heavy atom. The quantitative estimate of drug-likeness (QED) is 0.636. The van der Waals surface area contributed by atoms with Crippen molar-refractivity contribution in [2.24, 2.45) is 0 Å². The van der Waals surface area contributed by atoms with Crippen LogP contribution in [0.25, 0.3) is 10.8 Å². The Hall–Kier alpha value is -3.67. The first-order valence-corrected chi connectivity index (χ1v) is 9.43. The molecule has 3 aromatic rings. The molecule has 0 bridgehead atoms. The first kappa shape index (κ1) is 18.7. The van der Waals surface area contributed by atoms with Gasteiger partial charge in [0.15, 0.2) is 6.61 Å². The Bertz CT molecular complexity index is 1100. The summed E-state index contributed by atoms with van der Waals surface area (Å²) in [5.41, 5.74) is 2.91. The van der Waals surface area contributed by atoms with E-state index in [4.69, 9.17) is 4.74 Å². The molecule has 1 heterocycles. The number of benzene rings is 3. The van der Waals surface area contributed by atoms with Crippen molar-refractivity contribution in [2.75, 3.05) is 18.5 Å². The normalized spacial score (nSPS) is 12.3. The standard InChI is InChI=1S/C23H20N2O4/c26-21-13-17-8-9-18(12-20(17)25-21)23(28)29-14-22(27)24-11-10-16-6-3-5-15-4-1-2-7-19(15)16/h1-9,12H,10-11,13-14H2,(H,24,27)(H,25,26). The molecular formula is C23H20N2O4. The van der Waals surface area contributed by atoms with Crippen molar-refractivity contribution in [1.82, 2.24) is 5.32 Å². The summed E-state index contributed by atoms with van der Waals surface area (Å²) in [6.45, 7) is 0.104. The molecule has 0 spiro atoms. The molecule has 0 aromatic heterocycles. The molecule has 3 aromatic carbocycles. The molecule has 1 aliphatic heterocycles. The van der Waals surface area contributed by atoms with Crippen molar-refractivity contribution in [1.29, 1.82) is 0 Å². The predicted octanol–water partition coefficient (Wildman–Crippen LogP) is 2.85. The number of nitrogens with one attached hydrogen (secondary N) is 2. The summed E-state index contributed by atoms with van der Waals surface area (Å²) >= 11 is 0. The van der Waals surface area contributed by atoms with Crippen LogP contribution in [0.2, 0.25) is 0 Å². The third-order valence-corrected chi connectivity index (χ3v) is 4.90. The predicted molar refractivity (Wildman–Crippen MR) is 110 cm³/mol. The zero-order valence-corrected chi connectivity index (χ0v) is 15.7. The minimum Gasteiger partial charge on any atom is -0.452 e. The van der Waals surface area contributed by atoms with E-state index in [1.54, 1.807) is 18.2 Å². The van der Waals surface area contributed by atoms with Crippen molar-refractivity contribution >= 4 is 34.2 Å². The topological polar surface area (TPSA) is 84.5 Å². The smallest absolute Gasteiger partial charge is 0.338 e. The number of carbonyl (C=O) groups excluding carboxylic acids is 3. The Morgan fingerprint density at radius 3 is 2.76 bits per heavy atom. The van der Waals surface area contributed by atoms with Gasteiger partial charge in [-0.1, -0.05) is 48.5 Å². The number of fused-ring (bicyclic) bond motifs is 2. The second kappa shape index (κ2) is 8.14. The summed E-state index contributed by atoms with van der Waals surface area (Å²) in [6.07, 6.45) is 0.995. The number of esters is 1. The third-order valence-electron chi connectivity index (χ3n) is 4.90.